The Hall–Kier alpha value is -1.42. The summed E-state index contributed by atoms with van der Waals surface area (Å²) >= 11 is 0. The zero-order valence-corrected chi connectivity index (χ0v) is 5.69. The van der Waals surface area contributed by atoms with Gasteiger partial charge in [-0.2, -0.15) is 0 Å². The van der Waals surface area contributed by atoms with Crippen LogP contribution in [0.25, 0.3) is 11.0 Å². The highest BCUT2D eigenvalue weighted by Crippen LogP contribution is 2.12. The number of fused-ring (bicyclic) bond motifs is 1. The third-order valence-electron chi connectivity index (χ3n) is 1.46. The molecule has 0 bridgehead atoms. The summed E-state index contributed by atoms with van der Waals surface area (Å²) in [5.74, 6) is 0. The molecule has 0 unspecified atom stereocenters. The van der Waals surface area contributed by atoms with Crippen LogP contribution in [-0.2, 0) is 6.61 Å². The first-order valence-electron chi connectivity index (χ1n) is 3.20. The smallest absolute Gasteiger partial charge is 0.170 e. The summed E-state index contributed by atoms with van der Waals surface area (Å²) in [5, 5.41) is 13.1. The van der Waals surface area contributed by atoms with Gasteiger partial charge in [0, 0.05) is 12.3 Å². The summed E-state index contributed by atoms with van der Waals surface area (Å²) in [6, 6.07) is 1.67. The standard InChI is InChI=1S/C7H6N2O2/c10-4-6-1-7-5(2-8-6)3-9-11-7/h1-3,10H,4H2. The van der Waals surface area contributed by atoms with Gasteiger partial charge in [0.25, 0.3) is 0 Å². The first-order valence-corrected chi connectivity index (χ1v) is 3.20. The molecule has 2 aromatic heterocycles. The van der Waals surface area contributed by atoms with E-state index in [-0.39, 0.29) is 6.61 Å². The molecule has 0 saturated heterocycles. The molecule has 0 aliphatic carbocycles. The Labute approximate surface area is 62.5 Å². The number of aliphatic hydroxyl groups excluding tert-OH is 1. The van der Waals surface area contributed by atoms with Gasteiger partial charge < -0.3 is 9.63 Å². The van der Waals surface area contributed by atoms with Gasteiger partial charge in [-0.15, -0.1) is 0 Å². The van der Waals surface area contributed by atoms with E-state index >= 15 is 0 Å². The van der Waals surface area contributed by atoms with E-state index < -0.39 is 0 Å². The van der Waals surface area contributed by atoms with Crippen molar-refractivity contribution in [2.75, 3.05) is 0 Å². The van der Waals surface area contributed by atoms with E-state index in [1.807, 2.05) is 0 Å². The lowest BCUT2D eigenvalue weighted by Gasteiger charge is -1.91. The quantitative estimate of drug-likeness (QED) is 0.650. The molecule has 0 fully saturated rings. The van der Waals surface area contributed by atoms with E-state index in [0.29, 0.717) is 11.3 Å². The maximum absolute atomic E-state index is 8.71. The van der Waals surface area contributed by atoms with Crippen LogP contribution >= 0.6 is 0 Å². The topological polar surface area (TPSA) is 59.2 Å². The molecule has 11 heavy (non-hydrogen) atoms. The van der Waals surface area contributed by atoms with Crippen LogP contribution in [-0.4, -0.2) is 15.2 Å². The Bertz CT molecular complexity index is 369. The minimum absolute atomic E-state index is 0.0728. The van der Waals surface area contributed by atoms with E-state index in [4.69, 9.17) is 9.63 Å². The summed E-state index contributed by atoms with van der Waals surface area (Å²) in [6.45, 7) is -0.0728. The van der Waals surface area contributed by atoms with Crippen LogP contribution in [0.1, 0.15) is 5.69 Å². The highest BCUT2D eigenvalue weighted by Gasteiger charge is 1.99. The number of hydrogen-bond acceptors (Lipinski definition) is 4. The highest BCUT2D eigenvalue weighted by atomic mass is 16.5. The molecule has 0 saturated carbocycles. The van der Waals surface area contributed by atoms with Crippen molar-refractivity contribution in [3.63, 3.8) is 0 Å². The first kappa shape index (κ1) is 6.30. The number of aliphatic hydroxyl groups is 1. The Morgan fingerprint density at radius 1 is 1.45 bits per heavy atom. The maximum atomic E-state index is 8.71. The van der Waals surface area contributed by atoms with Gasteiger partial charge in [0.1, 0.15) is 0 Å². The van der Waals surface area contributed by atoms with Crippen LogP contribution in [0, 0.1) is 0 Å². The molecule has 2 heterocycles. The van der Waals surface area contributed by atoms with Crippen molar-refractivity contribution in [2.45, 2.75) is 6.61 Å². The molecule has 56 valence electrons. The Kier molecular flexibility index (Phi) is 1.33. The molecular weight excluding hydrogens is 144 g/mol. The molecule has 2 aromatic rings. The van der Waals surface area contributed by atoms with Gasteiger partial charge in [-0.3, -0.25) is 4.98 Å². The lowest BCUT2D eigenvalue weighted by molar-refractivity contribution is 0.277. The van der Waals surface area contributed by atoms with E-state index in [1.165, 1.54) is 0 Å². The fourth-order valence-corrected chi connectivity index (χ4v) is 0.890. The molecule has 1 N–H and O–H groups in total. The minimum Gasteiger partial charge on any atom is -0.390 e. The average Bonchev–Trinajstić information content (AvgIpc) is 2.50. The summed E-state index contributed by atoms with van der Waals surface area (Å²) in [4.78, 5) is 3.95. The van der Waals surface area contributed by atoms with E-state index in [1.54, 1.807) is 18.5 Å². The SMILES string of the molecule is OCc1cc2oncc2cn1. The third-order valence-corrected chi connectivity index (χ3v) is 1.46. The van der Waals surface area contributed by atoms with E-state index in [2.05, 4.69) is 10.1 Å². The zero-order chi connectivity index (χ0) is 7.68. The lowest BCUT2D eigenvalue weighted by Crippen LogP contribution is -1.85. The molecule has 4 heteroatoms. The van der Waals surface area contributed by atoms with Gasteiger partial charge >= 0.3 is 0 Å². The van der Waals surface area contributed by atoms with Gasteiger partial charge in [0.05, 0.1) is 23.9 Å². The van der Waals surface area contributed by atoms with Crippen LogP contribution in [0.15, 0.2) is 23.0 Å². The Morgan fingerprint density at radius 2 is 2.36 bits per heavy atom. The predicted octanol–water partition coefficient (Wildman–Crippen LogP) is 0.715. The second-order valence-electron chi connectivity index (χ2n) is 2.20. The largest absolute Gasteiger partial charge is 0.390 e. The van der Waals surface area contributed by atoms with Gasteiger partial charge in [-0.05, 0) is 0 Å². The second-order valence-corrected chi connectivity index (χ2v) is 2.20. The molecule has 0 radical (unpaired) electrons. The van der Waals surface area contributed by atoms with Crippen molar-refractivity contribution in [3.8, 4) is 0 Å². The molecule has 0 aromatic carbocycles. The number of nitrogens with zero attached hydrogens (tertiary/aromatic N) is 2. The predicted molar refractivity (Wildman–Crippen MR) is 37.7 cm³/mol. The lowest BCUT2D eigenvalue weighted by atomic mass is 10.3. The molecular formula is C7H6N2O2. The van der Waals surface area contributed by atoms with Gasteiger partial charge in [-0.25, -0.2) is 0 Å². The highest BCUT2D eigenvalue weighted by molar-refractivity contribution is 5.74. The molecule has 0 spiro atoms. The van der Waals surface area contributed by atoms with Crippen LogP contribution in [0.5, 0.6) is 0 Å². The van der Waals surface area contributed by atoms with Crippen molar-refractivity contribution >= 4 is 11.0 Å². The van der Waals surface area contributed by atoms with E-state index in [9.17, 15) is 0 Å². The van der Waals surface area contributed by atoms with Gasteiger partial charge in [-0.1, -0.05) is 5.16 Å². The second kappa shape index (κ2) is 2.32. The van der Waals surface area contributed by atoms with Crippen LogP contribution < -0.4 is 0 Å². The Morgan fingerprint density at radius 3 is 3.18 bits per heavy atom. The molecule has 4 nitrogen and oxygen atoms in total. The van der Waals surface area contributed by atoms with Crippen molar-refractivity contribution < 1.29 is 9.63 Å². The summed E-state index contributed by atoms with van der Waals surface area (Å²) in [6.07, 6.45) is 3.21. The van der Waals surface area contributed by atoms with Gasteiger partial charge in [0.15, 0.2) is 5.58 Å². The summed E-state index contributed by atoms with van der Waals surface area (Å²) in [5.41, 5.74) is 1.25. The minimum atomic E-state index is -0.0728. The number of pyridine rings is 1. The monoisotopic (exact) mass is 150 g/mol. The molecule has 0 atom stereocenters. The molecule has 0 aliphatic rings. The summed E-state index contributed by atoms with van der Waals surface area (Å²) < 4.78 is 4.86. The third kappa shape index (κ3) is 0.969. The normalized spacial score (nSPS) is 10.6. The van der Waals surface area contributed by atoms with Crippen LogP contribution in [0.2, 0.25) is 0 Å². The number of aromatic nitrogens is 2. The fraction of sp³-hybridized carbons (Fsp3) is 0.143. The summed E-state index contributed by atoms with van der Waals surface area (Å²) in [7, 11) is 0. The van der Waals surface area contributed by atoms with Crippen molar-refractivity contribution in [1.29, 1.82) is 0 Å². The maximum Gasteiger partial charge on any atom is 0.170 e. The Balaban J connectivity index is 2.67. The fourth-order valence-electron chi connectivity index (χ4n) is 0.890. The van der Waals surface area contributed by atoms with Crippen LogP contribution in [0.3, 0.4) is 0 Å². The molecule has 0 aliphatic heterocycles. The van der Waals surface area contributed by atoms with Crippen LogP contribution in [0.4, 0.5) is 0 Å². The van der Waals surface area contributed by atoms with Gasteiger partial charge in [0.2, 0.25) is 0 Å². The first-order chi connectivity index (χ1) is 5.40. The number of rotatable bonds is 1. The van der Waals surface area contributed by atoms with Crippen molar-refractivity contribution in [2.24, 2.45) is 0 Å². The zero-order valence-electron chi connectivity index (χ0n) is 5.69. The number of hydrogen-bond donors (Lipinski definition) is 1. The van der Waals surface area contributed by atoms with Crippen molar-refractivity contribution in [3.05, 3.63) is 24.2 Å². The van der Waals surface area contributed by atoms with E-state index in [0.717, 1.165) is 5.39 Å². The molecule has 0 amide bonds. The molecule has 2 rings (SSSR count). The van der Waals surface area contributed by atoms with Crippen molar-refractivity contribution in [1.82, 2.24) is 10.1 Å². The average molecular weight is 150 g/mol.